The van der Waals surface area contributed by atoms with Crippen molar-refractivity contribution in [1.29, 1.82) is 0 Å². The van der Waals surface area contributed by atoms with E-state index in [0.717, 1.165) is 6.42 Å². The first-order valence-electron chi connectivity index (χ1n) is 6.42. The van der Waals surface area contributed by atoms with Crippen LogP contribution in [0.1, 0.15) is 12.8 Å². The zero-order chi connectivity index (χ0) is 12.9. The number of carbonyl (C=O) groups excluding carboxylic acids is 1. The van der Waals surface area contributed by atoms with Crippen LogP contribution >= 0.6 is 0 Å². The van der Waals surface area contributed by atoms with Crippen molar-refractivity contribution in [2.75, 3.05) is 13.2 Å². The molecule has 5 atom stereocenters. The lowest BCUT2D eigenvalue weighted by Gasteiger charge is -2.57. The Balaban J connectivity index is 1.75. The highest BCUT2D eigenvalue weighted by atomic mass is 16.6. The van der Waals surface area contributed by atoms with Gasteiger partial charge in [-0.2, -0.15) is 0 Å². The monoisotopic (exact) mass is 251 g/mol. The number of ether oxygens (including phenoxy) is 1. The Labute approximate surface area is 105 Å². The molecule has 2 saturated carbocycles. The van der Waals surface area contributed by atoms with Gasteiger partial charge in [0.15, 0.2) is 0 Å². The SMILES string of the molecule is C=CCOC(=O)N1CC2C3CCC3C2C1C(=O)O. The maximum atomic E-state index is 11.9. The summed E-state index contributed by atoms with van der Waals surface area (Å²) in [4.78, 5) is 24.7. The van der Waals surface area contributed by atoms with E-state index < -0.39 is 18.1 Å². The van der Waals surface area contributed by atoms with Crippen LogP contribution in [0.25, 0.3) is 0 Å². The van der Waals surface area contributed by atoms with Crippen molar-refractivity contribution in [3.63, 3.8) is 0 Å². The van der Waals surface area contributed by atoms with Crippen molar-refractivity contribution >= 4 is 12.1 Å². The molecule has 1 saturated heterocycles. The number of nitrogens with zero attached hydrogens (tertiary/aromatic N) is 1. The number of fused-ring (bicyclic) bond motifs is 4. The van der Waals surface area contributed by atoms with Gasteiger partial charge in [-0.15, -0.1) is 0 Å². The van der Waals surface area contributed by atoms with Gasteiger partial charge in [-0.3, -0.25) is 4.90 Å². The molecule has 5 heteroatoms. The minimum Gasteiger partial charge on any atom is -0.480 e. The Bertz CT molecular complexity index is 408. The van der Waals surface area contributed by atoms with Crippen LogP contribution < -0.4 is 0 Å². The number of rotatable bonds is 3. The average Bonchev–Trinajstić information content (AvgIpc) is 2.62. The summed E-state index contributed by atoms with van der Waals surface area (Å²) in [5.41, 5.74) is 0. The number of carbonyl (C=O) groups is 2. The molecule has 1 aliphatic heterocycles. The van der Waals surface area contributed by atoms with E-state index in [1.807, 2.05) is 0 Å². The predicted octanol–water partition coefficient (Wildman–Crippen LogP) is 1.35. The number of carboxylic acid groups (broad SMARTS) is 1. The zero-order valence-corrected chi connectivity index (χ0v) is 10.1. The van der Waals surface area contributed by atoms with Crippen LogP contribution in [0.3, 0.4) is 0 Å². The summed E-state index contributed by atoms with van der Waals surface area (Å²) >= 11 is 0. The molecule has 2 aliphatic carbocycles. The molecule has 0 radical (unpaired) electrons. The van der Waals surface area contributed by atoms with E-state index in [1.54, 1.807) is 0 Å². The molecule has 3 aliphatic rings. The van der Waals surface area contributed by atoms with E-state index in [-0.39, 0.29) is 12.5 Å². The lowest BCUT2D eigenvalue weighted by molar-refractivity contribution is -0.150. The maximum Gasteiger partial charge on any atom is 0.410 e. The second-order valence-corrected chi connectivity index (χ2v) is 5.45. The fourth-order valence-corrected chi connectivity index (χ4v) is 3.99. The van der Waals surface area contributed by atoms with E-state index in [0.29, 0.717) is 24.3 Å². The summed E-state index contributed by atoms with van der Waals surface area (Å²) in [5.74, 6) is 0.796. The van der Waals surface area contributed by atoms with Crippen LogP contribution in [0.2, 0.25) is 0 Å². The average molecular weight is 251 g/mol. The van der Waals surface area contributed by atoms with Gasteiger partial charge >= 0.3 is 12.1 Å². The van der Waals surface area contributed by atoms with Gasteiger partial charge in [-0.25, -0.2) is 9.59 Å². The van der Waals surface area contributed by atoms with Crippen molar-refractivity contribution in [3.8, 4) is 0 Å². The Morgan fingerprint density at radius 1 is 1.33 bits per heavy atom. The first kappa shape index (κ1) is 11.6. The molecule has 0 aromatic heterocycles. The van der Waals surface area contributed by atoms with E-state index >= 15 is 0 Å². The third kappa shape index (κ3) is 1.39. The Morgan fingerprint density at radius 2 is 2.06 bits per heavy atom. The Hall–Kier alpha value is -1.52. The molecule has 1 heterocycles. The van der Waals surface area contributed by atoms with Gasteiger partial charge in [0.05, 0.1) is 0 Å². The third-order valence-corrected chi connectivity index (χ3v) is 4.84. The summed E-state index contributed by atoms with van der Waals surface area (Å²) in [7, 11) is 0. The molecule has 1 amide bonds. The van der Waals surface area contributed by atoms with Gasteiger partial charge in [0.2, 0.25) is 0 Å². The first-order valence-corrected chi connectivity index (χ1v) is 6.42. The Kier molecular flexibility index (Phi) is 2.57. The molecule has 0 spiro atoms. The fourth-order valence-electron chi connectivity index (χ4n) is 3.99. The summed E-state index contributed by atoms with van der Waals surface area (Å²) in [6.07, 6.45) is 3.28. The molecule has 0 aromatic rings. The van der Waals surface area contributed by atoms with Crippen LogP contribution in [0, 0.1) is 23.7 Å². The highest BCUT2D eigenvalue weighted by Gasteiger charge is 2.65. The summed E-state index contributed by atoms with van der Waals surface area (Å²) in [6.45, 7) is 4.15. The van der Waals surface area contributed by atoms with Crippen molar-refractivity contribution in [3.05, 3.63) is 12.7 Å². The van der Waals surface area contributed by atoms with Gasteiger partial charge < -0.3 is 9.84 Å². The highest BCUT2D eigenvalue weighted by molar-refractivity contribution is 5.81. The van der Waals surface area contributed by atoms with Crippen LogP contribution in [0.5, 0.6) is 0 Å². The lowest BCUT2D eigenvalue weighted by atomic mass is 9.47. The number of hydrogen-bond donors (Lipinski definition) is 1. The third-order valence-electron chi connectivity index (χ3n) is 4.84. The van der Waals surface area contributed by atoms with Crippen LogP contribution in [0.15, 0.2) is 12.7 Å². The molecule has 3 rings (SSSR count). The molecule has 3 fully saturated rings. The number of amides is 1. The molecular weight excluding hydrogens is 234 g/mol. The highest BCUT2D eigenvalue weighted by Crippen LogP contribution is 2.63. The maximum absolute atomic E-state index is 11.9. The second kappa shape index (κ2) is 4.00. The predicted molar refractivity (Wildman–Crippen MR) is 62.9 cm³/mol. The molecular formula is C13H17NO4. The van der Waals surface area contributed by atoms with Crippen molar-refractivity contribution in [1.82, 2.24) is 4.90 Å². The quantitative estimate of drug-likeness (QED) is 0.769. The normalized spacial score (nSPS) is 40.0. The zero-order valence-electron chi connectivity index (χ0n) is 10.1. The van der Waals surface area contributed by atoms with Crippen molar-refractivity contribution in [2.24, 2.45) is 23.7 Å². The summed E-state index contributed by atoms with van der Waals surface area (Å²) in [6, 6.07) is -0.686. The molecule has 18 heavy (non-hydrogen) atoms. The molecule has 5 unspecified atom stereocenters. The molecule has 0 bridgehead atoms. The first-order chi connectivity index (χ1) is 8.65. The smallest absolute Gasteiger partial charge is 0.410 e. The van der Waals surface area contributed by atoms with Crippen molar-refractivity contribution < 1.29 is 19.4 Å². The minimum atomic E-state index is -0.900. The van der Waals surface area contributed by atoms with E-state index in [4.69, 9.17) is 4.74 Å². The number of carboxylic acids is 1. The topological polar surface area (TPSA) is 66.8 Å². The number of likely N-dealkylation sites (tertiary alicyclic amines) is 1. The summed E-state index contributed by atoms with van der Waals surface area (Å²) in [5, 5.41) is 9.34. The summed E-state index contributed by atoms with van der Waals surface area (Å²) < 4.78 is 4.98. The van der Waals surface area contributed by atoms with E-state index in [2.05, 4.69) is 6.58 Å². The largest absolute Gasteiger partial charge is 0.480 e. The molecule has 0 aromatic carbocycles. The fraction of sp³-hybridized carbons (Fsp3) is 0.692. The lowest BCUT2D eigenvalue weighted by Crippen LogP contribution is -2.56. The molecule has 1 N–H and O–H groups in total. The minimum absolute atomic E-state index is 0.129. The number of hydrogen-bond acceptors (Lipinski definition) is 3. The van der Waals surface area contributed by atoms with E-state index in [1.165, 1.54) is 17.4 Å². The van der Waals surface area contributed by atoms with Gasteiger partial charge in [-0.1, -0.05) is 12.7 Å². The van der Waals surface area contributed by atoms with E-state index in [9.17, 15) is 14.7 Å². The number of aliphatic carboxylic acids is 1. The van der Waals surface area contributed by atoms with Crippen molar-refractivity contribution in [2.45, 2.75) is 18.9 Å². The van der Waals surface area contributed by atoms with Crippen LogP contribution in [-0.4, -0.2) is 41.3 Å². The van der Waals surface area contributed by atoms with Gasteiger partial charge in [-0.05, 0) is 36.5 Å². The molecule has 98 valence electrons. The van der Waals surface area contributed by atoms with Crippen LogP contribution in [0.4, 0.5) is 4.79 Å². The standard InChI is InChI=1S/C13H17NO4/c1-2-5-18-13(17)14-6-9-7-3-4-8(7)10(9)11(14)12(15)16/h2,7-11H,1,3-6H2,(H,15,16). The van der Waals surface area contributed by atoms with Gasteiger partial charge in [0.1, 0.15) is 12.6 Å². The Morgan fingerprint density at radius 3 is 2.61 bits per heavy atom. The second-order valence-electron chi connectivity index (χ2n) is 5.45. The van der Waals surface area contributed by atoms with Crippen LogP contribution in [-0.2, 0) is 9.53 Å². The molecule has 5 nitrogen and oxygen atoms in total. The van der Waals surface area contributed by atoms with Gasteiger partial charge in [0.25, 0.3) is 0 Å². The van der Waals surface area contributed by atoms with Gasteiger partial charge in [0, 0.05) is 6.54 Å².